The minimum atomic E-state index is -0.0129. The topological polar surface area (TPSA) is 33.2 Å². The largest absolute Gasteiger partial charge is 0.334 e. The Bertz CT molecular complexity index is 644. The van der Waals surface area contributed by atoms with Crippen LogP contribution in [0.15, 0.2) is 28.1 Å². The van der Waals surface area contributed by atoms with Gasteiger partial charge in [0.2, 0.25) is 0 Å². The summed E-state index contributed by atoms with van der Waals surface area (Å²) in [6.07, 6.45) is 0.755. The molecule has 0 aliphatic rings. The Balaban J connectivity index is 2.21. The van der Waals surface area contributed by atoms with E-state index >= 15 is 0 Å². The van der Waals surface area contributed by atoms with Gasteiger partial charge in [-0.1, -0.05) is 18.5 Å². The molecular weight excluding hydrogens is 372 g/mol. The average Bonchev–Trinajstić information content (AvgIpc) is 2.88. The van der Waals surface area contributed by atoms with Crippen LogP contribution in [-0.2, 0) is 13.0 Å². The molecule has 2 aromatic rings. The van der Waals surface area contributed by atoms with E-state index in [1.807, 2.05) is 36.9 Å². The van der Waals surface area contributed by atoms with E-state index in [2.05, 4.69) is 20.9 Å². The lowest BCUT2D eigenvalue weighted by molar-refractivity contribution is 0.0754. The molecule has 0 spiro atoms. The van der Waals surface area contributed by atoms with Crippen molar-refractivity contribution in [1.82, 2.24) is 9.88 Å². The van der Waals surface area contributed by atoms with Gasteiger partial charge in [0, 0.05) is 22.7 Å². The van der Waals surface area contributed by atoms with Crippen molar-refractivity contribution >= 4 is 44.8 Å². The number of thiophene rings is 1. The van der Waals surface area contributed by atoms with Gasteiger partial charge in [-0.2, -0.15) is 0 Å². The maximum Gasteiger partial charge on any atom is 0.254 e. The monoisotopic (exact) mass is 386 g/mol. The molecule has 0 aliphatic heterocycles. The summed E-state index contributed by atoms with van der Waals surface area (Å²) in [4.78, 5) is 19.8. The first-order valence-corrected chi connectivity index (χ1v) is 8.72. The molecule has 2 aromatic heterocycles. The Kier molecular flexibility index (Phi) is 5.79. The van der Waals surface area contributed by atoms with Gasteiger partial charge < -0.3 is 4.90 Å². The molecule has 3 nitrogen and oxygen atoms in total. The number of pyridine rings is 1. The van der Waals surface area contributed by atoms with E-state index in [0.717, 1.165) is 20.8 Å². The van der Waals surface area contributed by atoms with Gasteiger partial charge in [-0.3, -0.25) is 4.79 Å². The van der Waals surface area contributed by atoms with Crippen molar-refractivity contribution in [2.75, 3.05) is 6.54 Å². The highest BCUT2D eigenvalue weighted by molar-refractivity contribution is 9.11. The summed E-state index contributed by atoms with van der Waals surface area (Å²) in [5.41, 5.74) is 1.44. The Hall–Kier alpha value is -0.910. The van der Waals surface area contributed by atoms with Crippen molar-refractivity contribution in [3.8, 4) is 0 Å². The van der Waals surface area contributed by atoms with Gasteiger partial charge in [-0.05, 0) is 53.5 Å². The molecule has 0 atom stereocenters. The fraction of sp³-hybridized carbons (Fsp3) is 0.333. The quantitative estimate of drug-likeness (QED) is 0.691. The van der Waals surface area contributed by atoms with Crippen LogP contribution in [-0.4, -0.2) is 22.3 Å². The third kappa shape index (κ3) is 4.28. The van der Waals surface area contributed by atoms with Crippen molar-refractivity contribution in [3.63, 3.8) is 0 Å². The molecule has 0 aliphatic carbocycles. The molecule has 0 fully saturated rings. The molecule has 0 saturated heterocycles. The molecule has 112 valence electrons. The number of aromatic nitrogens is 1. The Labute approximate surface area is 142 Å². The number of amides is 1. The van der Waals surface area contributed by atoms with E-state index < -0.39 is 0 Å². The molecule has 0 aromatic carbocycles. The van der Waals surface area contributed by atoms with Gasteiger partial charge in [-0.25, -0.2) is 4.98 Å². The van der Waals surface area contributed by atoms with Gasteiger partial charge in [0.05, 0.1) is 10.3 Å². The van der Waals surface area contributed by atoms with Gasteiger partial charge >= 0.3 is 0 Å². The zero-order valence-corrected chi connectivity index (χ0v) is 15.1. The number of hydrogen-bond acceptors (Lipinski definition) is 3. The Morgan fingerprint density at radius 2 is 2.14 bits per heavy atom. The lowest BCUT2D eigenvalue weighted by Crippen LogP contribution is -2.30. The summed E-state index contributed by atoms with van der Waals surface area (Å²) >= 11 is 11.1. The van der Waals surface area contributed by atoms with E-state index in [1.165, 1.54) is 0 Å². The minimum Gasteiger partial charge on any atom is -0.334 e. The molecule has 0 radical (unpaired) electrons. The Morgan fingerprint density at radius 1 is 1.38 bits per heavy atom. The Morgan fingerprint density at radius 3 is 2.71 bits per heavy atom. The van der Waals surface area contributed by atoms with Crippen LogP contribution in [0.4, 0.5) is 0 Å². The summed E-state index contributed by atoms with van der Waals surface area (Å²) in [6.45, 7) is 5.22. The zero-order valence-electron chi connectivity index (χ0n) is 11.9. The number of rotatable bonds is 5. The first kappa shape index (κ1) is 16.5. The number of halogens is 2. The number of aryl methyl sites for hydroxylation is 1. The number of carbonyl (C=O) groups excluding carboxylic acids is 1. The van der Waals surface area contributed by atoms with E-state index in [9.17, 15) is 4.79 Å². The zero-order chi connectivity index (χ0) is 15.4. The van der Waals surface area contributed by atoms with Gasteiger partial charge in [0.25, 0.3) is 5.91 Å². The van der Waals surface area contributed by atoms with Gasteiger partial charge in [-0.15, -0.1) is 11.3 Å². The second kappa shape index (κ2) is 7.38. The fourth-order valence-electron chi connectivity index (χ4n) is 1.99. The van der Waals surface area contributed by atoms with Crippen molar-refractivity contribution < 1.29 is 4.79 Å². The van der Waals surface area contributed by atoms with Crippen molar-refractivity contribution in [1.29, 1.82) is 0 Å². The lowest BCUT2D eigenvalue weighted by Gasteiger charge is -2.20. The van der Waals surface area contributed by atoms with Crippen LogP contribution in [0, 0.1) is 0 Å². The van der Waals surface area contributed by atoms with Crippen molar-refractivity contribution in [2.45, 2.75) is 26.8 Å². The lowest BCUT2D eigenvalue weighted by atomic mass is 10.1. The summed E-state index contributed by atoms with van der Waals surface area (Å²) in [7, 11) is 0. The molecule has 21 heavy (non-hydrogen) atoms. The van der Waals surface area contributed by atoms with Crippen LogP contribution >= 0.6 is 38.9 Å². The van der Waals surface area contributed by atoms with Crippen LogP contribution < -0.4 is 0 Å². The predicted octanol–water partition coefficient (Wildman–Crippen LogP) is 4.78. The average molecular weight is 388 g/mol. The summed E-state index contributed by atoms with van der Waals surface area (Å²) in [5, 5.41) is 0.368. The molecule has 0 bridgehead atoms. The summed E-state index contributed by atoms with van der Waals surface area (Å²) in [6, 6.07) is 7.48. The molecule has 1 amide bonds. The van der Waals surface area contributed by atoms with E-state index in [1.54, 1.807) is 17.4 Å². The van der Waals surface area contributed by atoms with Crippen LogP contribution in [0.3, 0.4) is 0 Å². The fourth-order valence-corrected chi connectivity index (χ4v) is 3.72. The molecular formula is C15H16BrClN2OS. The van der Waals surface area contributed by atoms with Crippen molar-refractivity contribution in [3.05, 3.63) is 49.3 Å². The highest BCUT2D eigenvalue weighted by Crippen LogP contribution is 2.24. The molecule has 6 heteroatoms. The van der Waals surface area contributed by atoms with E-state index in [-0.39, 0.29) is 5.91 Å². The minimum absolute atomic E-state index is 0.0129. The first-order chi connectivity index (χ1) is 10.0. The first-order valence-electron chi connectivity index (χ1n) is 6.73. The molecule has 0 saturated carbocycles. The highest BCUT2D eigenvalue weighted by atomic mass is 79.9. The second-order valence-corrected chi connectivity index (χ2v) is 7.48. The van der Waals surface area contributed by atoms with Crippen LogP contribution in [0.2, 0.25) is 5.15 Å². The predicted molar refractivity (Wildman–Crippen MR) is 91.1 cm³/mol. The third-order valence-electron chi connectivity index (χ3n) is 3.10. The second-order valence-electron chi connectivity index (χ2n) is 4.55. The smallest absolute Gasteiger partial charge is 0.254 e. The molecule has 0 N–H and O–H groups in total. The summed E-state index contributed by atoms with van der Waals surface area (Å²) in [5.74, 6) is -0.0129. The SMILES string of the molecule is CCc1cc(C(=O)N(CC)Cc2ccc(Br)s2)cc(Cl)n1. The highest BCUT2D eigenvalue weighted by Gasteiger charge is 2.17. The van der Waals surface area contributed by atoms with Gasteiger partial charge in [0.1, 0.15) is 5.15 Å². The van der Waals surface area contributed by atoms with Crippen LogP contribution in [0.5, 0.6) is 0 Å². The standard InChI is InChI=1S/C15H16BrClN2OS/c1-3-11-7-10(8-14(17)18-11)15(20)19(4-2)9-12-5-6-13(16)21-12/h5-8H,3-4,9H2,1-2H3. The van der Waals surface area contributed by atoms with E-state index in [0.29, 0.717) is 23.8 Å². The van der Waals surface area contributed by atoms with E-state index in [4.69, 9.17) is 11.6 Å². The number of nitrogens with zero attached hydrogens (tertiary/aromatic N) is 2. The number of hydrogen-bond donors (Lipinski definition) is 0. The normalized spacial score (nSPS) is 10.7. The maximum absolute atomic E-state index is 12.6. The van der Waals surface area contributed by atoms with Crippen LogP contribution in [0.25, 0.3) is 0 Å². The summed E-state index contributed by atoms with van der Waals surface area (Å²) < 4.78 is 1.07. The molecule has 2 rings (SSSR count). The number of carbonyl (C=O) groups is 1. The third-order valence-corrected chi connectivity index (χ3v) is 4.90. The molecule has 0 unspecified atom stereocenters. The van der Waals surface area contributed by atoms with Gasteiger partial charge in [0.15, 0.2) is 0 Å². The van der Waals surface area contributed by atoms with Crippen molar-refractivity contribution in [2.24, 2.45) is 0 Å². The maximum atomic E-state index is 12.6. The van der Waals surface area contributed by atoms with Crippen LogP contribution in [0.1, 0.15) is 34.8 Å². The molecule has 2 heterocycles.